The normalized spacial score (nSPS) is 15.1. The Morgan fingerprint density at radius 1 is 1.23 bits per heavy atom. The Balaban J connectivity index is 1.94. The van der Waals surface area contributed by atoms with Gasteiger partial charge in [0.2, 0.25) is 0 Å². The van der Waals surface area contributed by atoms with Crippen LogP contribution in [0.5, 0.6) is 0 Å². The van der Waals surface area contributed by atoms with Gasteiger partial charge in [0.15, 0.2) is 0 Å². The van der Waals surface area contributed by atoms with E-state index in [2.05, 4.69) is 6.08 Å². The Hall–Kier alpha value is -2.76. The zero-order valence-corrected chi connectivity index (χ0v) is 15.6. The van der Waals surface area contributed by atoms with E-state index in [0.29, 0.717) is 24.3 Å². The van der Waals surface area contributed by atoms with Crippen LogP contribution in [0, 0.1) is 6.92 Å². The molecule has 6 heteroatoms. The molecule has 0 aliphatic carbocycles. The first-order valence-electron chi connectivity index (χ1n) is 8.69. The van der Waals surface area contributed by atoms with Crippen molar-refractivity contribution in [1.29, 1.82) is 0 Å². The molecule has 0 unspecified atom stereocenters. The number of hydrogen-bond donors (Lipinski definition) is 1. The highest BCUT2D eigenvalue weighted by Crippen LogP contribution is 2.30. The summed E-state index contributed by atoms with van der Waals surface area (Å²) in [6, 6.07) is 7.50. The van der Waals surface area contributed by atoms with Crippen molar-refractivity contribution in [2.45, 2.75) is 39.7 Å². The van der Waals surface area contributed by atoms with Crippen molar-refractivity contribution in [2.24, 2.45) is 0 Å². The topological polar surface area (TPSA) is 71.8 Å². The maximum absolute atomic E-state index is 12.4. The van der Waals surface area contributed by atoms with Crippen molar-refractivity contribution in [3.8, 4) is 0 Å². The predicted molar refractivity (Wildman–Crippen MR) is 100 cm³/mol. The van der Waals surface area contributed by atoms with Crippen LogP contribution >= 0.6 is 0 Å². The van der Waals surface area contributed by atoms with Crippen molar-refractivity contribution < 1.29 is 19.4 Å². The summed E-state index contributed by atoms with van der Waals surface area (Å²) in [5.74, 6) is 0. The third kappa shape index (κ3) is 3.45. The molecule has 0 atom stereocenters. The van der Waals surface area contributed by atoms with Gasteiger partial charge in [-0.2, -0.15) is 0 Å². The van der Waals surface area contributed by atoms with Gasteiger partial charge in [0.05, 0.1) is 5.52 Å². The molecule has 1 aliphatic rings. The van der Waals surface area contributed by atoms with E-state index in [1.165, 1.54) is 4.57 Å². The Morgan fingerprint density at radius 3 is 2.62 bits per heavy atom. The molecule has 0 saturated carbocycles. The average molecular weight is 356 g/mol. The van der Waals surface area contributed by atoms with E-state index in [9.17, 15) is 14.7 Å². The Morgan fingerprint density at radius 2 is 1.96 bits per heavy atom. The van der Waals surface area contributed by atoms with Gasteiger partial charge in [-0.15, -0.1) is 0 Å². The fourth-order valence-corrected chi connectivity index (χ4v) is 3.32. The van der Waals surface area contributed by atoms with E-state index in [-0.39, 0.29) is 6.09 Å². The third-order valence-corrected chi connectivity index (χ3v) is 4.37. The lowest BCUT2D eigenvalue weighted by Gasteiger charge is -2.30. The van der Waals surface area contributed by atoms with Crippen molar-refractivity contribution in [3.05, 3.63) is 41.6 Å². The minimum absolute atomic E-state index is 0.324. The summed E-state index contributed by atoms with van der Waals surface area (Å²) in [6.45, 7) is 8.40. The Bertz CT molecular complexity index is 902. The summed E-state index contributed by atoms with van der Waals surface area (Å²) < 4.78 is 6.77. The number of hydrogen-bond acceptors (Lipinski definition) is 3. The van der Waals surface area contributed by atoms with E-state index in [1.54, 1.807) is 17.9 Å². The van der Waals surface area contributed by atoms with Gasteiger partial charge in [-0.05, 0) is 57.4 Å². The first kappa shape index (κ1) is 18.0. The Kier molecular flexibility index (Phi) is 4.52. The molecule has 0 fully saturated rings. The van der Waals surface area contributed by atoms with Crippen LogP contribution in [-0.2, 0) is 4.74 Å². The van der Waals surface area contributed by atoms with Crippen LogP contribution in [-0.4, -0.2) is 45.5 Å². The summed E-state index contributed by atoms with van der Waals surface area (Å²) in [5, 5.41) is 10.3. The smallest absolute Gasteiger partial charge is 0.416 e. The fourth-order valence-electron chi connectivity index (χ4n) is 3.32. The number of carboxylic acid groups (broad SMARTS) is 1. The molecule has 2 heterocycles. The molecule has 1 amide bonds. The lowest BCUT2D eigenvalue weighted by Crippen LogP contribution is -2.39. The molecule has 0 saturated heterocycles. The number of ether oxygens (including phenoxy) is 1. The van der Waals surface area contributed by atoms with Crippen molar-refractivity contribution in [3.63, 3.8) is 0 Å². The number of carbonyl (C=O) groups excluding carboxylic acids is 1. The minimum Gasteiger partial charge on any atom is -0.464 e. The highest BCUT2D eigenvalue weighted by molar-refractivity contribution is 5.98. The van der Waals surface area contributed by atoms with Crippen LogP contribution in [0.25, 0.3) is 16.5 Å². The number of rotatable bonds is 1. The first-order valence-corrected chi connectivity index (χ1v) is 8.69. The van der Waals surface area contributed by atoms with Gasteiger partial charge in [-0.25, -0.2) is 9.59 Å². The third-order valence-electron chi connectivity index (χ3n) is 4.37. The van der Waals surface area contributed by atoms with Crippen LogP contribution in [0.2, 0.25) is 0 Å². The van der Waals surface area contributed by atoms with Gasteiger partial charge in [0, 0.05) is 24.2 Å². The van der Waals surface area contributed by atoms with Crippen molar-refractivity contribution in [2.75, 3.05) is 13.1 Å². The second kappa shape index (κ2) is 6.52. The molecule has 0 radical (unpaired) electrons. The summed E-state index contributed by atoms with van der Waals surface area (Å²) in [7, 11) is 0. The van der Waals surface area contributed by atoms with Gasteiger partial charge in [0.25, 0.3) is 0 Å². The van der Waals surface area contributed by atoms with E-state index < -0.39 is 11.7 Å². The zero-order valence-electron chi connectivity index (χ0n) is 15.6. The van der Waals surface area contributed by atoms with Gasteiger partial charge in [-0.1, -0.05) is 18.2 Å². The van der Waals surface area contributed by atoms with Gasteiger partial charge in [0.1, 0.15) is 5.60 Å². The van der Waals surface area contributed by atoms with Crippen LogP contribution in [0.15, 0.2) is 30.3 Å². The number of fused-ring (bicyclic) bond motifs is 1. The van der Waals surface area contributed by atoms with E-state index in [1.807, 2.05) is 39.0 Å². The molecule has 138 valence electrons. The first-order chi connectivity index (χ1) is 12.2. The predicted octanol–water partition coefficient (Wildman–Crippen LogP) is 4.50. The van der Waals surface area contributed by atoms with Gasteiger partial charge >= 0.3 is 12.2 Å². The van der Waals surface area contributed by atoms with Crippen LogP contribution in [0.1, 0.15) is 38.4 Å². The number of nitrogens with zero attached hydrogens (tertiary/aromatic N) is 2. The summed E-state index contributed by atoms with van der Waals surface area (Å²) in [4.78, 5) is 25.6. The molecule has 3 rings (SSSR count). The molecule has 2 aromatic rings. The standard InChI is InChI=1S/C20H24N2O4/c1-13-11-16-15(8-5-9-17(16)22(13)18(23)24)14-7-6-10-21(12-14)19(25)26-20(2,3)4/h5,7-9,11H,6,10,12H2,1-4H3,(H,23,24). The quantitative estimate of drug-likeness (QED) is 0.816. The number of carbonyl (C=O) groups is 2. The number of benzene rings is 1. The molecule has 1 aromatic heterocycles. The van der Waals surface area contributed by atoms with E-state index >= 15 is 0 Å². The second-order valence-corrected chi connectivity index (χ2v) is 7.56. The molecular weight excluding hydrogens is 332 g/mol. The monoisotopic (exact) mass is 356 g/mol. The van der Waals surface area contributed by atoms with Gasteiger partial charge < -0.3 is 14.7 Å². The highest BCUT2D eigenvalue weighted by Gasteiger charge is 2.25. The lowest BCUT2D eigenvalue weighted by molar-refractivity contribution is 0.0273. The second-order valence-electron chi connectivity index (χ2n) is 7.56. The fraction of sp³-hybridized carbons (Fsp3) is 0.400. The lowest BCUT2D eigenvalue weighted by atomic mass is 9.98. The van der Waals surface area contributed by atoms with Crippen molar-refractivity contribution >= 4 is 28.7 Å². The van der Waals surface area contributed by atoms with Crippen LogP contribution < -0.4 is 0 Å². The van der Waals surface area contributed by atoms with Crippen LogP contribution in [0.4, 0.5) is 9.59 Å². The molecule has 1 aliphatic heterocycles. The molecule has 0 bridgehead atoms. The van der Waals surface area contributed by atoms with Crippen LogP contribution in [0.3, 0.4) is 0 Å². The number of aryl methyl sites for hydroxylation is 1. The molecule has 6 nitrogen and oxygen atoms in total. The van der Waals surface area contributed by atoms with Gasteiger partial charge in [-0.3, -0.25) is 4.57 Å². The zero-order chi connectivity index (χ0) is 19.1. The van der Waals surface area contributed by atoms with E-state index in [0.717, 1.165) is 22.9 Å². The highest BCUT2D eigenvalue weighted by atomic mass is 16.6. The number of amides is 1. The average Bonchev–Trinajstić information content (AvgIpc) is 2.89. The summed E-state index contributed by atoms with van der Waals surface area (Å²) in [5.41, 5.74) is 2.76. The van der Waals surface area contributed by atoms with E-state index in [4.69, 9.17) is 4.74 Å². The maximum atomic E-state index is 12.4. The minimum atomic E-state index is -0.998. The summed E-state index contributed by atoms with van der Waals surface area (Å²) in [6.07, 6.45) is 1.53. The van der Waals surface area contributed by atoms with Crippen molar-refractivity contribution in [1.82, 2.24) is 9.47 Å². The largest absolute Gasteiger partial charge is 0.464 e. The molecule has 26 heavy (non-hydrogen) atoms. The molecule has 0 spiro atoms. The molecular formula is C20H24N2O4. The Labute approximate surface area is 152 Å². The maximum Gasteiger partial charge on any atom is 0.416 e. The number of aromatic nitrogens is 1. The summed E-state index contributed by atoms with van der Waals surface area (Å²) >= 11 is 0. The molecule has 1 N–H and O–H groups in total. The SMILES string of the molecule is Cc1cc2c(C3=CCCN(C(=O)OC(C)(C)C)C3)cccc2n1C(=O)O. The molecule has 1 aromatic carbocycles.